The molecule has 1 saturated heterocycles. The number of methoxy groups -OCH3 is 1. The van der Waals surface area contributed by atoms with Gasteiger partial charge in [0.1, 0.15) is 5.75 Å². The van der Waals surface area contributed by atoms with Gasteiger partial charge < -0.3 is 19.5 Å². The van der Waals surface area contributed by atoms with Crippen LogP contribution in [0.2, 0.25) is 0 Å². The van der Waals surface area contributed by atoms with E-state index in [1.54, 1.807) is 7.11 Å². The number of ether oxygens (including phenoxy) is 1. The molecule has 3 heterocycles. The molecule has 5 rings (SSSR count). The second-order valence-corrected chi connectivity index (χ2v) is 7.06. The first-order valence-corrected chi connectivity index (χ1v) is 9.30. The normalized spacial score (nSPS) is 17.7. The number of pyridine rings is 1. The van der Waals surface area contributed by atoms with Crippen LogP contribution in [0.1, 0.15) is 18.9 Å². The molecule has 6 nitrogen and oxygen atoms in total. The van der Waals surface area contributed by atoms with Gasteiger partial charge in [-0.3, -0.25) is 4.98 Å². The van der Waals surface area contributed by atoms with Crippen molar-refractivity contribution in [2.24, 2.45) is 0 Å². The van der Waals surface area contributed by atoms with Gasteiger partial charge in [-0.1, -0.05) is 6.07 Å². The number of imidazole rings is 1. The molecule has 0 spiro atoms. The highest BCUT2D eigenvalue weighted by Gasteiger charge is 2.25. The monoisotopic (exact) mass is 349 g/mol. The minimum absolute atomic E-state index is 0.617. The first kappa shape index (κ1) is 15.6. The lowest BCUT2D eigenvalue weighted by molar-refractivity contribution is 0.413. The van der Waals surface area contributed by atoms with E-state index >= 15 is 0 Å². The molecule has 3 aromatic rings. The zero-order chi connectivity index (χ0) is 17.5. The Morgan fingerprint density at radius 1 is 1.12 bits per heavy atom. The van der Waals surface area contributed by atoms with Crippen molar-refractivity contribution in [3.63, 3.8) is 0 Å². The summed E-state index contributed by atoms with van der Waals surface area (Å²) in [5.41, 5.74) is 5.27. The molecule has 2 aromatic heterocycles. The van der Waals surface area contributed by atoms with Crippen molar-refractivity contribution >= 4 is 16.7 Å². The zero-order valence-electron chi connectivity index (χ0n) is 15.0. The van der Waals surface area contributed by atoms with E-state index in [4.69, 9.17) is 9.72 Å². The van der Waals surface area contributed by atoms with Crippen LogP contribution in [0.3, 0.4) is 0 Å². The molecule has 1 saturated carbocycles. The topological polar surface area (TPSA) is 55.2 Å². The van der Waals surface area contributed by atoms with Crippen LogP contribution in [0.4, 0.5) is 5.69 Å². The maximum absolute atomic E-state index is 5.68. The fraction of sp³-hybridized carbons (Fsp3) is 0.400. The van der Waals surface area contributed by atoms with Crippen LogP contribution >= 0.6 is 0 Å². The molecule has 0 bridgehead atoms. The Morgan fingerprint density at radius 2 is 1.96 bits per heavy atom. The number of fused-ring (bicyclic) bond motifs is 1. The van der Waals surface area contributed by atoms with E-state index in [1.165, 1.54) is 12.8 Å². The van der Waals surface area contributed by atoms with Crippen LogP contribution in [0, 0.1) is 0 Å². The van der Waals surface area contributed by atoms with Crippen molar-refractivity contribution in [2.75, 3.05) is 38.2 Å². The molecule has 6 heteroatoms. The molecular formula is C20H23N5O. The fourth-order valence-corrected chi connectivity index (χ4v) is 3.73. The number of hydrogen-bond donors (Lipinski definition) is 1. The van der Waals surface area contributed by atoms with Gasteiger partial charge in [0.05, 0.1) is 42.0 Å². The molecule has 134 valence electrons. The minimum Gasteiger partial charge on any atom is -0.495 e. The number of hydrogen-bond acceptors (Lipinski definition) is 5. The van der Waals surface area contributed by atoms with Gasteiger partial charge in [0.2, 0.25) is 0 Å². The fourth-order valence-electron chi connectivity index (χ4n) is 3.73. The molecule has 1 N–H and O–H groups in total. The summed E-state index contributed by atoms with van der Waals surface area (Å²) in [5, 5.41) is 3.39. The van der Waals surface area contributed by atoms with E-state index in [-0.39, 0.29) is 0 Å². The van der Waals surface area contributed by atoms with Crippen molar-refractivity contribution in [3.8, 4) is 17.0 Å². The highest BCUT2D eigenvalue weighted by Crippen LogP contribution is 2.38. The van der Waals surface area contributed by atoms with Gasteiger partial charge in [-0.05, 0) is 31.0 Å². The smallest absolute Gasteiger partial charge is 0.142 e. The number of aromatic nitrogens is 3. The van der Waals surface area contributed by atoms with Crippen molar-refractivity contribution in [1.29, 1.82) is 0 Å². The van der Waals surface area contributed by atoms with Crippen molar-refractivity contribution in [2.45, 2.75) is 18.9 Å². The van der Waals surface area contributed by atoms with E-state index in [2.05, 4.69) is 44.0 Å². The largest absolute Gasteiger partial charge is 0.495 e. The molecule has 0 radical (unpaired) electrons. The predicted octanol–water partition coefficient (Wildman–Crippen LogP) is 2.85. The molecule has 2 fully saturated rings. The summed E-state index contributed by atoms with van der Waals surface area (Å²) in [6.07, 6.45) is 6.39. The third-order valence-electron chi connectivity index (χ3n) is 5.33. The third kappa shape index (κ3) is 2.70. The quantitative estimate of drug-likeness (QED) is 0.785. The average molecular weight is 349 g/mol. The summed E-state index contributed by atoms with van der Waals surface area (Å²) in [4.78, 5) is 11.6. The highest BCUT2D eigenvalue weighted by molar-refractivity contribution is 5.80. The minimum atomic E-state index is 0.617. The van der Waals surface area contributed by atoms with Crippen LogP contribution in [-0.2, 0) is 0 Å². The SMILES string of the molecule is COc1cc(-c2cc3ncn(C4CC4)c3cn2)ccc1N1CCNCC1. The lowest BCUT2D eigenvalue weighted by atomic mass is 10.1. The number of anilines is 1. The van der Waals surface area contributed by atoms with Gasteiger partial charge in [0.15, 0.2) is 0 Å². The van der Waals surface area contributed by atoms with Crippen molar-refractivity contribution in [3.05, 3.63) is 36.8 Å². The Balaban J connectivity index is 1.50. The van der Waals surface area contributed by atoms with E-state index in [0.717, 1.165) is 59.9 Å². The summed E-state index contributed by atoms with van der Waals surface area (Å²) in [6, 6.07) is 9.06. The van der Waals surface area contributed by atoms with E-state index in [9.17, 15) is 0 Å². The summed E-state index contributed by atoms with van der Waals surface area (Å²) in [6.45, 7) is 4.01. The number of nitrogens with one attached hydrogen (secondary N) is 1. The van der Waals surface area contributed by atoms with E-state index < -0.39 is 0 Å². The summed E-state index contributed by atoms with van der Waals surface area (Å²) in [5.74, 6) is 0.898. The maximum atomic E-state index is 5.68. The van der Waals surface area contributed by atoms with Gasteiger partial charge in [0, 0.05) is 37.8 Å². The van der Waals surface area contributed by atoms with Crippen LogP contribution < -0.4 is 15.0 Å². The Labute approximate surface area is 152 Å². The Morgan fingerprint density at radius 3 is 2.73 bits per heavy atom. The molecule has 0 atom stereocenters. The standard InChI is InChI=1S/C20H23N5O/c1-26-20-10-14(2-5-18(20)24-8-6-21-7-9-24)16-11-17-19(12-22-16)25(13-23-17)15-3-4-15/h2,5,10-13,15,21H,3-4,6-9H2,1H3. The van der Waals surface area contributed by atoms with Gasteiger partial charge >= 0.3 is 0 Å². The van der Waals surface area contributed by atoms with Crippen molar-refractivity contribution in [1.82, 2.24) is 19.9 Å². The first-order chi connectivity index (χ1) is 12.8. The zero-order valence-corrected chi connectivity index (χ0v) is 15.0. The lowest BCUT2D eigenvalue weighted by Crippen LogP contribution is -2.43. The average Bonchev–Trinajstić information content (AvgIpc) is 3.47. The summed E-state index contributed by atoms with van der Waals surface area (Å²) in [7, 11) is 1.73. The van der Waals surface area contributed by atoms with Crippen LogP contribution in [0.25, 0.3) is 22.3 Å². The third-order valence-corrected chi connectivity index (χ3v) is 5.33. The molecule has 26 heavy (non-hydrogen) atoms. The molecule has 1 aliphatic heterocycles. The summed E-state index contributed by atoms with van der Waals surface area (Å²) < 4.78 is 7.93. The van der Waals surface area contributed by atoms with Crippen molar-refractivity contribution < 1.29 is 4.74 Å². The highest BCUT2D eigenvalue weighted by atomic mass is 16.5. The van der Waals surface area contributed by atoms with Gasteiger partial charge in [-0.2, -0.15) is 0 Å². The number of benzene rings is 1. The first-order valence-electron chi connectivity index (χ1n) is 9.30. The number of nitrogens with zero attached hydrogens (tertiary/aromatic N) is 4. The van der Waals surface area contributed by atoms with Crippen LogP contribution in [-0.4, -0.2) is 47.8 Å². The van der Waals surface area contributed by atoms with Gasteiger partial charge in [0.25, 0.3) is 0 Å². The molecule has 0 unspecified atom stereocenters. The van der Waals surface area contributed by atoms with E-state index in [0.29, 0.717) is 6.04 Å². The second kappa shape index (κ2) is 6.29. The number of piperazine rings is 1. The molecule has 0 amide bonds. The second-order valence-electron chi connectivity index (χ2n) is 7.06. The van der Waals surface area contributed by atoms with Gasteiger partial charge in [-0.25, -0.2) is 4.98 Å². The Kier molecular flexibility index (Phi) is 3.78. The van der Waals surface area contributed by atoms with Crippen LogP contribution in [0.15, 0.2) is 36.8 Å². The summed E-state index contributed by atoms with van der Waals surface area (Å²) >= 11 is 0. The Hall–Kier alpha value is -2.60. The molecular weight excluding hydrogens is 326 g/mol. The number of rotatable bonds is 4. The molecule has 1 aromatic carbocycles. The van der Waals surface area contributed by atoms with E-state index in [1.807, 2.05) is 12.5 Å². The molecule has 2 aliphatic rings. The predicted molar refractivity (Wildman–Crippen MR) is 103 cm³/mol. The van der Waals surface area contributed by atoms with Crippen LogP contribution in [0.5, 0.6) is 5.75 Å². The Bertz CT molecular complexity index is 941. The van der Waals surface area contributed by atoms with Gasteiger partial charge in [-0.15, -0.1) is 0 Å². The lowest BCUT2D eigenvalue weighted by Gasteiger charge is -2.30. The maximum Gasteiger partial charge on any atom is 0.142 e. The molecule has 1 aliphatic carbocycles.